The van der Waals surface area contributed by atoms with E-state index in [0.717, 1.165) is 25.9 Å². The van der Waals surface area contributed by atoms with E-state index in [4.69, 9.17) is 0 Å². The minimum atomic E-state index is -3.63. The molecule has 2 saturated heterocycles. The van der Waals surface area contributed by atoms with Crippen LogP contribution < -0.4 is 10.6 Å². The fourth-order valence-corrected chi connectivity index (χ4v) is 4.84. The van der Waals surface area contributed by atoms with Gasteiger partial charge in [0.25, 0.3) is 5.91 Å². The van der Waals surface area contributed by atoms with Gasteiger partial charge in [0.15, 0.2) is 0 Å². The first-order valence-corrected chi connectivity index (χ1v) is 10.7. The molecule has 2 fully saturated rings. The number of piperazine rings is 1. The van der Waals surface area contributed by atoms with Crippen LogP contribution in [0.2, 0.25) is 0 Å². The summed E-state index contributed by atoms with van der Waals surface area (Å²) in [5.41, 5.74) is 0.445. The lowest BCUT2D eigenvalue weighted by molar-refractivity contribution is -0.129. The highest BCUT2D eigenvalue weighted by atomic mass is 32.2. The molecular weight excluding hydrogens is 368 g/mol. The van der Waals surface area contributed by atoms with Crippen molar-refractivity contribution in [1.29, 1.82) is 0 Å². The molecule has 1 aromatic carbocycles. The lowest BCUT2D eigenvalue weighted by Crippen LogP contribution is -2.49. The molecule has 1 unspecified atom stereocenters. The Labute approximate surface area is 160 Å². The molecule has 148 valence electrons. The zero-order valence-electron chi connectivity index (χ0n) is 15.5. The third-order valence-corrected chi connectivity index (χ3v) is 6.98. The number of amides is 2. The molecule has 1 aromatic rings. The molecule has 2 aliphatic heterocycles. The molecule has 8 nitrogen and oxygen atoms in total. The van der Waals surface area contributed by atoms with Gasteiger partial charge in [-0.2, -0.15) is 4.31 Å². The van der Waals surface area contributed by atoms with Gasteiger partial charge in [-0.15, -0.1) is 0 Å². The normalized spacial score (nSPS) is 21.7. The van der Waals surface area contributed by atoms with E-state index in [2.05, 4.69) is 10.6 Å². The first-order chi connectivity index (χ1) is 12.9. The SMILES string of the molecule is CC(=O)N1CCN(S(=O)(=O)c2ccc(C(=O)NC3CCCNC3)cc2)CC1. The number of carbonyl (C=O) groups is 2. The highest BCUT2D eigenvalue weighted by Crippen LogP contribution is 2.18. The van der Waals surface area contributed by atoms with Crippen LogP contribution in [-0.4, -0.2) is 74.7 Å². The van der Waals surface area contributed by atoms with Crippen LogP contribution >= 0.6 is 0 Å². The van der Waals surface area contributed by atoms with Crippen LogP contribution in [-0.2, 0) is 14.8 Å². The number of piperidine rings is 1. The predicted molar refractivity (Wildman–Crippen MR) is 101 cm³/mol. The minimum Gasteiger partial charge on any atom is -0.348 e. The second-order valence-corrected chi connectivity index (χ2v) is 8.89. The first kappa shape index (κ1) is 19.8. The quantitative estimate of drug-likeness (QED) is 0.750. The van der Waals surface area contributed by atoms with Crippen molar-refractivity contribution in [3.8, 4) is 0 Å². The van der Waals surface area contributed by atoms with Crippen molar-refractivity contribution in [2.75, 3.05) is 39.3 Å². The lowest BCUT2D eigenvalue weighted by atomic mass is 10.1. The molecule has 0 radical (unpaired) electrons. The molecule has 0 aromatic heterocycles. The van der Waals surface area contributed by atoms with E-state index >= 15 is 0 Å². The first-order valence-electron chi connectivity index (χ1n) is 9.25. The zero-order valence-corrected chi connectivity index (χ0v) is 16.3. The molecule has 9 heteroatoms. The molecule has 2 N–H and O–H groups in total. The summed E-state index contributed by atoms with van der Waals surface area (Å²) in [6.07, 6.45) is 1.97. The monoisotopic (exact) mass is 394 g/mol. The maximum atomic E-state index is 12.8. The number of rotatable bonds is 4. The summed E-state index contributed by atoms with van der Waals surface area (Å²) in [7, 11) is -3.63. The van der Waals surface area contributed by atoms with Crippen molar-refractivity contribution < 1.29 is 18.0 Å². The fraction of sp³-hybridized carbons (Fsp3) is 0.556. The topological polar surface area (TPSA) is 98.8 Å². The van der Waals surface area contributed by atoms with E-state index in [1.165, 1.54) is 23.4 Å². The van der Waals surface area contributed by atoms with E-state index in [1.807, 2.05) is 0 Å². The molecule has 2 amide bonds. The number of nitrogens with zero attached hydrogens (tertiary/aromatic N) is 2. The minimum absolute atomic E-state index is 0.0458. The number of sulfonamides is 1. The predicted octanol–water partition coefficient (Wildman–Crippen LogP) is 0.0212. The van der Waals surface area contributed by atoms with Gasteiger partial charge in [-0.05, 0) is 43.7 Å². The second-order valence-electron chi connectivity index (χ2n) is 6.95. The van der Waals surface area contributed by atoms with Gasteiger partial charge in [0.2, 0.25) is 15.9 Å². The van der Waals surface area contributed by atoms with Crippen LogP contribution in [0.4, 0.5) is 0 Å². The van der Waals surface area contributed by atoms with Crippen molar-refractivity contribution in [3.05, 3.63) is 29.8 Å². The summed E-state index contributed by atoms with van der Waals surface area (Å²) in [5.74, 6) is -0.238. The Morgan fingerprint density at radius 1 is 1.11 bits per heavy atom. The van der Waals surface area contributed by atoms with Crippen molar-refractivity contribution in [1.82, 2.24) is 19.8 Å². The van der Waals surface area contributed by atoms with Crippen LogP contribution in [0.1, 0.15) is 30.1 Å². The fourth-order valence-electron chi connectivity index (χ4n) is 3.41. The third kappa shape index (κ3) is 4.66. The molecule has 27 heavy (non-hydrogen) atoms. The molecule has 2 aliphatic rings. The second kappa shape index (κ2) is 8.37. The summed E-state index contributed by atoms with van der Waals surface area (Å²) in [4.78, 5) is 25.5. The average Bonchev–Trinajstić information content (AvgIpc) is 2.69. The largest absolute Gasteiger partial charge is 0.348 e. The van der Waals surface area contributed by atoms with Gasteiger partial charge < -0.3 is 15.5 Å². The van der Waals surface area contributed by atoms with Gasteiger partial charge >= 0.3 is 0 Å². The molecular formula is C18H26N4O4S. The highest BCUT2D eigenvalue weighted by molar-refractivity contribution is 7.89. The van der Waals surface area contributed by atoms with E-state index in [0.29, 0.717) is 18.7 Å². The Balaban J connectivity index is 1.63. The summed E-state index contributed by atoms with van der Waals surface area (Å²) in [5, 5.41) is 6.22. The summed E-state index contributed by atoms with van der Waals surface area (Å²) >= 11 is 0. The summed E-state index contributed by atoms with van der Waals surface area (Å²) in [6, 6.07) is 6.14. The summed E-state index contributed by atoms with van der Waals surface area (Å²) < 4.78 is 26.9. The molecule has 1 atom stereocenters. The van der Waals surface area contributed by atoms with Crippen molar-refractivity contribution in [2.45, 2.75) is 30.7 Å². The molecule has 2 heterocycles. The van der Waals surface area contributed by atoms with Gasteiger partial charge in [-0.25, -0.2) is 8.42 Å². The molecule has 0 aliphatic carbocycles. The smallest absolute Gasteiger partial charge is 0.251 e. The van der Waals surface area contributed by atoms with E-state index in [-0.39, 0.29) is 35.8 Å². The Morgan fingerprint density at radius 2 is 1.78 bits per heavy atom. The highest BCUT2D eigenvalue weighted by Gasteiger charge is 2.29. The van der Waals surface area contributed by atoms with Gasteiger partial charge in [0.1, 0.15) is 0 Å². The molecule has 0 spiro atoms. The Morgan fingerprint density at radius 3 is 2.33 bits per heavy atom. The van der Waals surface area contributed by atoms with Crippen LogP contribution in [0.25, 0.3) is 0 Å². The van der Waals surface area contributed by atoms with Crippen LogP contribution in [0.5, 0.6) is 0 Å². The van der Waals surface area contributed by atoms with Gasteiger partial charge in [0.05, 0.1) is 4.90 Å². The third-order valence-electron chi connectivity index (χ3n) is 5.07. The summed E-state index contributed by atoms with van der Waals surface area (Å²) in [6.45, 7) is 4.55. The number of benzene rings is 1. The van der Waals surface area contributed by atoms with E-state index in [9.17, 15) is 18.0 Å². The molecule has 3 rings (SSSR count). The van der Waals surface area contributed by atoms with Crippen molar-refractivity contribution >= 4 is 21.8 Å². The number of hydrogen-bond acceptors (Lipinski definition) is 5. The van der Waals surface area contributed by atoms with Crippen molar-refractivity contribution in [3.63, 3.8) is 0 Å². The van der Waals surface area contributed by atoms with Crippen LogP contribution in [0.15, 0.2) is 29.2 Å². The Bertz CT molecular complexity index is 780. The maximum Gasteiger partial charge on any atom is 0.251 e. The van der Waals surface area contributed by atoms with Gasteiger partial charge in [0, 0.05) is 51.3 Å². The lowest BCUT2D eigenvalue weighted by Gasteiger charge is -2.33. The molecule has 0 saturated carbocycles. The van der Waals surface area contributed by atoms with E-state index < -0.39 is 10.0 Å². The van der Waals surface area contributed by atoms with E-state index in [1.54, 1.807) is 17.0 Å². The van der Waals surface area contributed by atoms with Crippen LogP contribution in [0.3, 0.4) is 0 Å². The van der Waals surface area contributed by atoms with Crippen molar-refractivity contribution in [2.24, 2.45) is 0 Å². The average molecular weight is 394 g/mol. The van der Waals surface area contributed by atoms with Gasteiger partial charge in [-0.1, -0.05) is 0 Å². The number of hydrogen-bond donors (Lipinski definition) is 2. The van der Waals surface area contributed by atoms with Crippen LogP contribution in [0, 0.1) is 0 Å². The maximum absolute atomic E-state index is 12.8. The Hall–Kier alpha value is -1.97. The standard InChI is InChI=1S/C18H26N4O4S/c1-14(23)21-9-11-22(12-10-21)27(25,26)17-6-4-15(5-7-17)18(24)20-16-3-2-8-19-13-16/h4-7,16,19H,2-3,8-13H2,1H3,(H,20,24). The van der Waals surface area contributed by atoms with Gasteiger partial charge in [-0.3, -0.25) is 9.59 Å². The number of nitrogens with one attached hydrogen (secondary N) is 2. The Kier molecular flexibility index (Phi) is 6.13. The molecule has 0 bridgehead atoms. The zero-order chi connectivity index (χ0) is 19.4. The number of carbonyl (C=O) groups excluding carboxylic acids is 2.